The summed E-state index contributed by atoms with van der Waals surface area (Å²) in [4.78, 5) is 42.0. The summed E-state index contributed by atoms with van der Waals surface area (Å²) in [5.41, 5.74) is 0.627. The van der Waals surface area contributed by atoms with Crippen molar-refractivity contribution in [2.45, 2.75) is 31.5 Å². The molecule has 1 N–H and O–H groups in total. The molecule has 2 aromatic carbocycles. The number of fused-ring (bicyclic) bond motifs is 1. The summed E-state index contributed by atoms with van der Waals surface area (Å²) < 4.78 is 39.2. The Kier molecular flexibility index (Phi) is 9.19. The van der Waals surface area contributed by atoms with Gasteiger partial charge in [0.1, 0.15) is 17.1 Å². The second kappa shape index (κ2) is 12.4. The zero-order chi connectivity index (χ0) is 29.0. The summed E-state index contributed by atoms with van der Waals surface area (Å²) in [6.07, 6.45) is 2.96. The van der Waals surface area contributed by atoms with Crippen molar-refractivity contribution in [3.05, 3.63) is 80.5 Å². The summed E-state index contributed by atoms with van der Waals surface area (Å²) in [6, 6.07) is 14.7. The Morgan fingerprint density at radius 1 is 1.07 bits per heavy atom. The van der Waals surface area contributed by atoms with Crippen LogP contribution in [0.2, 0.25) is 0 Å². The van der Waals surface area contributed by atoms with Crippen molar-refractivity contribution in [2.24, 2.45) is 0 Å². The molecule has 0 amide bonds. The molecule has 0 saturated carbocycles. The Morgan fingerprint density at radius 2 is 1.77 bits per heavy atom. The number of benzene rings is 2. The molecule has 2 heterocycles. The van der Waals surface area contributed by atoms with Gasteiger partial charge in [-0.2, -0.15) is 0 Å². The number of thioether (sulfide) groups is 1. The summed E-state index contributed by atoms with van der Waals surface area (Å²) in [5.74, 6) is -0.0958. The van der Waals surface area contributed by atoms with Crippen molar-refractivity contribution in [3.63, 3.8) is 0 Å². The van der Waals surface area contributed by atoms with E-state index < -0.39 is 33.8 Å². The van der Waals surface area contributed by atoms with E-state index in [2.05, 4.69) is 4.72 Å². The van der Waals surface area contributed by atoms with Crippen LogP contribution in [0.1, 0.15) is 18.1 Å². The first-order valence-electron chi connectivity index (χ1n) is 12.2. The van der Waals surface area contributed by atoms with Crippen LogP contribution in [0.4, 0.5) is 0 Å². The highest BCUT2D eigenvalue weighted by molar-refractivity contribution is 7.98. The lowest BCUT2D eigenvalue weighted by molar-refractivity contribution is -0.143. The SMILES string of the molecule is CCOC(=O)Cn1c(=O)c2c(CNS(C)(=O)=O)c(-c3ccc(OC)cc3)sc2n(Cc2ccccc2SC)c1=O. The number of methoxy groups -OCH3 is 1. The van der Waals surface area contributed by atoms with E-state index in [1.807, 2.05) is 30.5 Å². The standard InChI is InChI=1S/C27H29N3O7S3/c1-5-37-22(31)16-29-25(32)23-20(14-28-40(4,34)35)24(17-10-12-19(36-2)13-11-17)39-26(23)30(27(29)33)15-18-8-6-7-9-21(18)38-3/h6-13,28H,5,14-16H2,1-4H3. The molecule has 13 heteroatoms. The fraction of sp³-hybridized carbons (Fsp3) is 0.296. The number of nitrogens with zero attached hydrogens (tertiary/aromatic N) is 2. The predicted octanol–water partition coefficient (Wildman–Crippen LogP) is 3.28. The van der Waals surface area contributed by atoms with Gasteiger partial charge in [0.2, 0.25) is 10.0 Å². The third kappa shape index (κ3) is 6.33. The number of aromatic nitrogens is 2. The molecule has 0 radical (unpaired) electrons. The number of sulfonamides is 1. The molecule has 4 rings (SSSR count). The van der Waals surface area contributed by atoms with Gasteiger partial charge in [-0.05, 0) is 54.6 Å². The van der Waals surface area contributed by atoms with Crippen molar-refractivity contribution >= 4 is 49.3 Å². The van der Waals surface area contributed by atoms with Crippen molar-refractivity contribution in [1.29, 1.82) is 0 Å². The third-order valence-electron chi connectivity index (χ3n) is 6.13. The minimum atomic E-state index is -3.62. The average Bonchev–Trinajstić information content (AvgIpc) is 3.32. The van der Waals surface area contributed by atoms with Crippen LogP contribution in [0.25, 0.3) is 20.7 Å². The van der Waals surface area contributed by atoms with Crippen LogP contribution in [0.15, 0.2) is 63.0 Å². The summed E-state index contributed by atoms with van der Waals surface area (Å²) >= 11 is 2.74. The number of carbonyl (C=O) groups excluding carboxylic acids is 1. The van der Waals surface area contributed by atoms with Gasteiger partial charge in [-0.3, -0.25) is 14.2 Å². The molecule has 0 bridgehead atoms. The minimum absolute atomic E-state index is 0.0920. The van der Waals surface area contributed by atoms with Gasteiger partial charge >= 0.3 is 11.7 Å². The van der Waals surface area contributed by atoms with E-state index in [-0.39, 0.29) is 25.1 Å². The molecular weight excluding hydrogens is 575 g/mol. The van der Waals surface area contributed by atoms with E-state index in [1.165, 1.54) is 27.7 Å². The Balaban J connectivity index is 2.06. The van der Waals surface area contributed by atoms with Gasteiger partial charge in [-0.1, -0.05) is 18.2 Å². The monoisotopic (exact) mass is 603 g/mol. The maximum Gasteiger partial charge on any atom is 0.332 e. The van der Waals surface area contributed by atoms with Gasteiger partial charge in [-0.15, -0.1) is 23.1 Å². The minimum Gasteiger partial charge on any atom is -0.497 e. The van der Waals surface area contributed by atoms with E-state index in [9.17, 15) is 22.8 Å². The van der Waals surface area contributed by atoms with Crippen LogP contribution < -0.4 is 20.7 Å². The molecule has 0 spiro atoms. The zero-order valence-corrected chi connectivity index (χ0v) is 24.9. The molecule has 40 heavy (non-hydrogen) atoms. The lowest BCUT2D eigenvalue weighted by atomic mass is 10.1. The first kappa shape index (κ1) is 29.6. The summed E-state index contributed by atoms with van der Waals surface area (Å²) in [7, 11) is -2.07. The molecule has 0 aliphatic rings. The fourth-order valence-electron chi connectivity index (χ4n) is 4.28. The maximum atomic E-state index is 13.9. The molecular formula is C27H29N3O7S3. The number of hydrogen-bond acceptors (Lipinski definition) is 9. The van der Waals surface area contributed by atoms with E-state index in [1.54, 1.807) is 38.3 Å². The molecule has 4 aromatic rings. The molecule has 212 valence electrons. The van der Waals surface area contributed by atoms with E-state index in [4.69, 9.17) is 9.47 Å². The first-order valence-corrected chi connectivity index (χ1v) is 16.2. The topological polar surface area (TPSA) is 126 Å². The highest BCUT2D eigenvalue weighted by Crippen LogP contribution is 2.38. The lowest BCUT2D eigenvalue weighted by Crippen LogP contribution is -2.42. The van der Waals surface area contributed by atoms with Crippen LogP contribution >= 0.6 is 23.1 Å². The van der Waals surface area contributed by atoms with Crippen LogP contribution in [0, 0.1) is 0 Å². The number of hydrogen-bond donors (Lipinski definition) is 1. The van der Waals surface area contributed by atoms with Crippen molar-refractivity contribution < 1.29 is 22.7 Å². The molecule has 0 aliphatic heterocycles. The van der Waals surface area contributed by atoms with Gasteiger partial charge in [0.25, 0.3) is 5.56 Å². The van der Waals surface area contributed by atoms with E-state index in [0.717, 1.165) is 21.3 Å². The predicted molar refractivity (Wildman–Crippen MR) is 158 cm³/mol. The number of thiophene rings is 1. The molecule has 0 saturated heterocycles. The first-order chi connectivity index (χ1) is 19.1. The van der Waals surface area contributed by atoms with E-state index in [0.29, 0.717) is 26.6 Å². The number of nitrogens with one attached hydrogen (secondary N) is 1. The van der Waals surface area contributed by atoms with Gasteiger partial charge in [0.15, 0.2) is 0 Å². The summed E-state index contributed by atoms with van der Waals surface area (Å²) in [5, 5.41) is 0.164. The quantitative estimate of drug-likeness (QED) is 0.205. The molecule has 0 atom stereocenters. The smallest absolute Gasteiger partial charge is 0.332 e. The Bertz CT molecular complexity index is 1770. The number of ether oxygens (including phenoxy) is 2. The molecule has 10 nitrogen and oxygen atoms in total. The largest absolute Gasteiger partial charge is 0.497 e. The lowest BCUT2D eigenvalue weighted by Gasteiger charge is -2.14. The van der Waals surface area contributed by atoms with Crippen molar-refractivity contribution in [2.75, 3.05) is 26.2 Å². The van der Waals surface area contributed by atoms with Crippen molar-refractivity contribution in [3.8, 4) is 16.2 Å². The molecule has 0 aliphatic carbocycles. The molecule has 0 unspecified atom stereocenters. The molecule has 2 aromatic heterocycles. The van der Waals surface area contributed by atoms with Crippen LogP contribution in [-0.2, 0) is 39.2 Å². The van der Waals surface area contributed by atoms with E-state index >= 15 is 0 Å². The fourth-order valence-corrected chi connectivity index (χ4v) is 6.61. The van der Waals surface area contributed by atoms with Crippen molar-refractivity contribution in [1.82, 2.24) is 13.9 Å². The van der Waals surface area contributed by atoms with Crippen LogP contribution in [0.5, 0.6) is 5.75 Å². The summed E-state index contributed by atoms with van der Waals surface area (Å²) in [6.45, 7) is 1.11. The van der Waals surface area contributed by atoms with Crippen LogP contribution in [0.3, 0.4) is 0 Å². The Hall–Kier alpha value is -3.39. The van der Waals surface area contributed by atoms with Gasteiger partial charge < -0.3 is 9.47 Å². The van der Waals surface area contributed by atoms with Crippen LogP contribution in [-0.4, -0.2) is 49.7 Å². The average molecular weight is 604 g/mol. The Morgan fingerprint density at radius 3 is 2.40 bits per heavy atom. The maximum absolute atomic E-state index is 13.9. The normalized spacial score (nSPS) is 11.6. The number of rotatable bonds is 11. The number of carbonyl (C=O) groups is 1. The van der Waals surface area contributed by atoms with Gasteiger partial charge in [0.05, 0.1) is 31.9 Å². The zero-order valence-electron chi connectivity index (χ0n) is 22.4. The number of esters is 1. The highest BCUT2D eigenvalue weighted by Gasteiger charge is 2.25. The Labute approximate surface area is 239 Å². The second-order valence-electron chi connectivity index (χ2n) is 8.79. The second-order valence-corrected chi connectivity index (χ2v) is 12.5. The van der Waals surface area contributed by atoms with Gasteiger partial charge in [0, 0.05) is 21.9 Å². The highest BCUT2D eigenvalue weighted by atomic mass is 32.2. The molecule has 0 fully saturated rings. The van der Waals surface area contributed by atoms with Gasteiger partial charge in [-0.25, -0.2) is 22.5 Å². The third-order valence-corrected chi connectivity index (χ3v) is 8.94.